The Balaban J connectivity index is 1.55. The Morgan fingerprint density at radius 2 is 1.93 bits per heavy atom. The molecule has 0 aliphatic rings. The van der Waals surface area contributed by atoms with E-state index >= 15 is 0 Å². The molecule has 0 spiro atoms. The van der Waals surface area contributed by atoms with Crippen LogP contribution in [0.25, 0.3) is 0 Å². The van der Waals surface area contributed by atoms with E-state index < -0.39 is 6.04 Å². The summed E-state index contributed by atoms with van der Waals surface area (Å²) in [7, 11) is 0. The Morgan fingerprint density at radius 3 is 2.66 bits per heavy atom. The molecule has 0 saturated carbocycles. The molecule has 150 valence electrons. The lowest BCUT2D eigenvalue weighted by molar-refractivity contribution is -0.117. The fraction of sp³-hybridized carbons (Fsp3) is 0.143. The molecule has 3 rings (SSSR count). The van der Waals surface area contributed by atoms with Gasteiger partial charge in [-0.2, -0.15) is 0 Å². The van der Waals surface area contributed by atoms with E-state index in [4.69, 9.17) is 4.74 Å². The van der Waals surface area contributed by atoms with Crippen LogP contribution in [0.2, 0.25) is 0 Å². The average molecular weight is 477 g/mol. The largest absolute Gasteiger partial charge is 0.489 e. The third-order valence-electron chi connectivity index (χ3n) is 3.93. The third-order valence-corrected chi connectivity index (χ3v) is 5.56. The Kier molecular flexibility index (Phi) is 7.00. The van der Waals surface area contributed by atoms with Gasteiger partial charge in [-0.15, -0.1) is 11.3 Å². The minimum atomic E-state index is -0.712. The summed E-state index contributed by atoms with van der Waals surface area (Å²) >= 11 is 4.60. The van der Waals surface area contributed by atoms with E-state index in [-0.39, 0.29) is 24.2 Å². The van der Waals surface area contributed by atoms with Crippen LogP contribution in [0.4, 0.5) is 10.1 Å². The molecule has 1 heterocycles. The molecule has 1 aromatic heterocycles. The van der Waals surface area contributed by atoms with E-state index in [9.17, 15) is 14.0 Å². The summed E-state index contributed by atoms with van der Waals surface area (Å²) < 4.78 is 19.6. The molecule has 3 aromatic rings. The van der Waals surface area contributed by atoms with E-state index in [1.807, 2.05) is 6.07 Å². The van der Waals surface area contributed by atoms with E-state index in [1.54, 1.807) is 49.4 Å². The number of hydrogen-bond donors (Lipinski definition) is 2. The predicted octanol–water partition coefficient (Wildman–Crippen LogP) is 4.99. The number of ether oxygens (including phenoxy) is 1. The summed E-state index contributed by atoms with van der Waals surface area (Å²) in [6.45, 7) is 1.85. The summed E-state index contributed by atoms with van der Waals surface area (Å²) in [5.41, 5.74) is 1.39. The molecule has 2 amide bonds. The molecular weight excluding hydrogens is 459 g/mol. The summed E-state index contributed by atoms with van der Waals surface area (Å²) in [5, 5.41) is 5.45. The molecule has 0 saturated heterocycles. The minimum absolute atomic E-state index is 0.229. The molecular formula is C21H18BrFN2O3S. The van der Waals surface area contributed by atoms with Crippen molar-refractivity contribution in [3.05, 3.63) is 80.7 Å². The number of thiophene rings is 1. The van der Waals surface area contributed by atoms with Crippen LogP contribution in [0.5, 0.6) is 5.75 Å². The van der Waals surface area contributed by atoms with Gasteiger partial charge in [0.2, 0.25) is 5.91 Å². The van der Waals surface area contributed by atoms with E-state index in [0.717, 1.165) is 9.35 Å². The molecule has 0 bridgehead atoms. The number of anilines is 1. The monoisotopic (exact) mass is 476 g/mol. The van der Waals surface area contributed by atoms with E-state index in [1.165, 1.54) is 23.5 Å². The second-order valence-electron chi connectivity index (χ2n) is 6.23. The quantitative estimate of drug-likeness (QED) is 0.504. The van der Waals surface area contributed by atoms with Gasteiger partial charge in [0.05, 0.1) is 8.66 Å². The van der Waals surface area contributed by atoms with Gasteiger partial charge in [-0.3, -0.25) is 9.59 Å². The fourth-order valence-electron chi connectivity index (χ4n) is 2.48. The molecule has 8 heteroatoms. The molecule has 1 unspecified atom stereocenters. The maximum Gasteiger partial charge on any atom is 0.262 e. The van der Waals surface area contributed by atoms with Crippen molar-refractivity contribution in [2.24, 2.45) is 0 Å². The van der Waals surface area contributed by atoms with Crippen LogP contribution in [-0.2, 0) is 11.4 Å². The highest BCUT2D eigenvalue weighted by Gasteiger charge is 2.18. The van der Waals surface area contributed by atoms with Crippen LogP contribution in [-0.4, -0.2) is 17.9 Å². The van der Waals surface area contributed by atoms with Crippen LogP contribution in [0, 0.1) is 5.82 Å². The van der Waals surface area contributed by atoms with Crippen LogP contribution in [0.15, 0.2) is 64.5 Å². The lowest BCUT2D eigenvalue weighted by atomic mass is 10.2. The lowest BCUT2D eigenvalue weighted by Crippen LogP contribution is -2.41. The van der Waals surface area contributed by atoms with Crippen molar-refractivity contribution in [2.45, 2.75) is 19.6 Å². The lowest BCUT2D eigenvalue weighted by Gasteiger charge is -2.14. The highest BCUT2D eigenvalue weighted by atomic mass is 79.9. The number of carbonyl (C=O) groups excluding carboxylic acids is 2. The first-order valence-corrected chi connectivity index (χ1v) is 10.4. The van der Waals surface area contributed by atoms with Crippen LogP contribution in [0.1, 0.15) is 22.2 Å². The van der Waals surface area contributed by atoms with Crippen molar-refractivity contribution < 1.29 is 18.7 Å². The SMILES string of the molecule is CC(NC(=O)c1ccc(Br)s1)C(=O)Nc1cccc(COc2cccc(F)c2)c1. The zero-order valence-electron chi connectivity index (χ0n) is 15.4. The summed E-state index contributed by atoms with van der Waals surface area (Å²) in [4.78, 5) is 25.1. The maximum absolute atomic E-state index is 13.2. The molecule has 0 aliphatic carbocycles. The van der Waals surface area contributed by atoms with Crippen molar-refractivity contribution in [3.63, 3.8) is 0 Å². The summed E-state index contributed by atoms with van der Waals surface area (Å²) in [6.07, 6.45) is 0. The topological polar surface area (TPSA) is 67.4 Å². The average Bonchev–Trinajstić information content (AvgIpc) is 3.13. The number of benzene rings is 2. The van der Waals surface area contributed by atoms with E-state index in [0.29, 0.717) is 16.3 Å². The molecule has 0 fully saturated rings. The third kappa shape index (κ3) is 6.13. The Bertz CT molecular complexity index is 1020. The second kappa shape index (κ2) is 9.67. The van der Waals surface area contributed by atoms with Crippen molar-refractivity contribution in [1.29, 1.82) is 0 Å². The Morgan fingerprint density at radius 1 is 1.14 bits per heavy atom. The van der Waals surface area contributed by atoms with Crippen LogP contribution < -0.4 is 15.4 Å². The van der Waals surface area contributed by atoms with Crippen molar-refractivity contribution in [1.82, 2.24) is 5.32 Å². The zero-order valence-corrected chi connectivity index (χ0v) is 17.8. The van der Waals surface area contributed by atoms with Gasteiger partial charge in [-0.25, -0.2) is 4.39 Å². The molecule has 2 aromatic carbocycles. The van der Waals surface area contributed by atoms with E-state index in [2.05, 4.69) is 26.6 Å². The van der Waals surface area contributed by atoms with Gasteiger partial charge in [-0.1, -0.05) is 18.2 Å². The number of hydrogen-bond acceptors (Lipinski definition) is 4. The van der Waals surface area contributed by atoms with Crippen LogP contribution >= 0.6 is 27.3 Å². The van der Waals surface area contributed by atoms with Crippen molar-refractivity contribution in [2.75, 3.05) is 5.32 Å². The molecule has 1 atom stereocenters. The number of rotatable bonds is 7. The fourth-order valence-corrected chi connectivity index (χ4v) is 3.77. The minimum Gasteiger partial charge on any atom is -0.489 e. The smallest absolute Gasteiger partial charge is 0.262 e. The second-order valence-corrected chi connectivity index (χ2v) is 8.70. The number of nitrogens with one attached hydrogen (secondary N) is 2. The number of carbonyl (C=O) groups is 2. The van der Waals surface area contributed by atoms with Gasteiger partial charge < -0.3 is 15.4 Å². The summed E-state index contributed by atoms with van der Waals surface area (Å²) in [6, 6.07) is 15.8. The molecule has 0 aliphatic heterocycles. The van der Waals surface area contributed by atoms with Gasteiger partial charge in [-0.05, 0) is 64.8 Å². The predicted molar refractivity (Wildman–Crippen MR) is 115 cm³/mol. The highest BCUT2D eigenvalue weighted by molar-refractivity contribution is 9.11. The van der Waals surface area contributed by atoms with Crippen molar-refractivity contribution >= 4 is 44.8 Å². The molecule has 5 nitrogen and oxygen atoms in total. The highest BCUT2D eigenvalue weighted by Crippen LogP contribution is 2.22. The van der Waals surface area contributed by atoms with Crippen LogP contribution in [0.3, 0.4) is 0 Å². The molecule has 0 radical (unpaired) electrons. The molecule has 2 N–H and O–H groups in total. The Hall–Kier alpha value is -2.71. The summed E-state index contributed by atoms with van der Waals surface area (Å²) in [5.74, 6) is -0.580. The van der Waals surface area contributed by atoms with Gasteiger partial charge in [0.1, 0.15) is 24.2 Å². The Labute approximate surface area is 180 Å². The molecule has 29 heavy (non-hydrogen) atoms. The standard InChI is InChI=1S/C21H18BrFN2O3S/c1-13(24-21(27)18-8-9-19(22)29-18)20(26)25-16-6-2-4-14(10-16)12-28-17-7-3-5-15(23)11-17/h2-11,13H,12H2,1H3,(H,24,27)(H,25,26). The first-order valence-electron chi connectivity index (χ1n) is 8.75. The first kappa shape index (κ1) is 21.0. The van der Waals surface area contributed by atoms with Gasteiger partial charge in [0.15, 0.2) is 0 Å². The normalized spacial score (nSPS) is 11.6. The number of halogens is 2. The van der Waals surface area contributed by atoms with Gasteiger partial charge >= 0.3 is 0 Å². The van der Waals surface area contributed by atoms with Gasteiger partial charge in [0.25, 0.3) is 5.91 Å². The van der Waals surface area contributed by atoms with Crippen molar-refractivity contribution in [3.8, 4) is 5.75 Å². The number of amides is 2. The first-order chi connectivity index (χ1) is 13.9. The maximum atomic E-state index is 13.2. The zero-order chi connectivity index (χ0) is 20.8. The van der Waals surface area contributed by atoms with Gasteiger partial charge in [0, 0.05) is 11.8 Å².